The molecule has 1 saturated carbocycles. The predicted molar refractivity (Wildman–Crippen MR) is 77.4 cm³/mol. The van der Waals surface area contributed by atoms with Crippen molar-refractivity contribution >= 4 is 5.97 Å². The molecule has 2 nitrogen and oxygen atoms in total. The Kier molecular flexibility index (Phi) is 5.16. The quantitative estimate of drug-likeness (QED) is 0.849. The van der Waals surface area contributed by atoms with Crippen molar-refractivity contribution in [2.24, 2.45) is 11.8 Å². The van der Waals surface area contributed by atoms with Gasteiger partial charge in [0.2, 0.25) is 0 Å². The molecule has 0 radical (unpaired) electrons. The van der Waals surface area contributed by atoms with Gasteiger partial charge in [-0.15, -0.1) is 0 Å². The van der Waals surface area contributed by atoms with Crippen LogP contribution in [0.4, 0.5) is 4.39 Å². The molecule has 20 heavy (non-hydrogen) atoms. The number of aryl methyl sites for hydroxylation is 1. The average Bonchev–Trinajstić information content (AvgIpc) is 2.45. The summed E-state index contributed by atoms with van der Waals surface area (Å²) >= 11 is 0. The fourth-order valence-corrected chi connectivity index (χ4v) is 3.19. The van der Waals surface area contributed by atoms with Crippen LogP contribution in [-0.4, -0.2) is 11.1 Å². The van der Waals surface area contributed by atoms with Crippen molar-refractivity contribution in [1.82, 2.24) is 0 Å². The summed E-state index contributed by atoms with van der Waals surface area (Å²) in [6.45, 7) is 2.26. The Labute approximate surface area is 120 Å². The highest BCUT2D eigenvalue weighted by Crippen LogP contribution is 2.33. The van der Waals surface area contributed by atoms with Gasteiger partial charge < -0.3 is 5.11 Å². The fourth-order valence-electron chi connectivity index (χ4n) is 3.19. The molecule has 1 aromatic rings. The van der Waals surface area contributed by atoms with Crippen molar-refractivity contribution in [3.05, 3.63) is 35.1 Å². The minimum absolute atomic E-state index is 0.239. The second kappa shape index (κ2) is 6.87. The highest BCUT2D eigenvalue weighted by Gasteiger charge is 2.20. The van der Waals surface area contributed by atoms with Crippen LogP contribution in [0.2, 0.25) is 0 Å². The van der Waals surface area contributed by atoms with E-state index in [1.54, 1.807) is 6.07 Å². The molecule has 0 aliphatic heterocycles. The van der Waals surface area contributed by atoms with Crippen LogP contribution < -0.4 is 0 Å². The molecule has 0 aromatic heterocycles. The molecule has 0 unspecified atom stereocenters. The molecule has 0 spiro atoms. The van der Waals surface area contributed by atoms with Crippen LogP contribution in [0.5, 0.6) is 0 Å². The summed E-state index contributed by atoms with van der Waals surface area (Å²) < 4.78 is 13.6. The van der Waals surface area contributed by atoms with E-state index in [0.29, 0.717) is 0 Å². The maximum Gasteiger partial charge on any atom is 0.338 e. The number of benzene rings is 1. The highest BCUT2D eigenvalue weighted by atomic mass is 19.1. The van der Waals surface area contributed by atoms with Crippen LogP contribution in [0.3, 0.4) is 0 Å². The smallest absolute Gasteiger partial charge is 0.338 e. The third kappa shape index (κ3) is 3.81. The van der Waals surface area contributed by atoms with Gasteiger partial charge in [-0.2, -0.15) is 0 Å². The van der Waals surface area contributed by atoms with E-state index >= 15 is 0 Å². The summed E-state index contributed by atoms with van der Waals surface area (Å²) in [6, 6.07) is 4.49. The molecule has 110 valence electrons. The lowest BCUT2D eigenvalue weighted by Crippen LogP contribution is -2.14. The van der Waals surface area contributed by atoms with Crippen LogP contribution in [0.1, 0.15) is 61.4 Å². The first-order chi connectivity index (χ1) is 9.60. The molecule has 0 heterocycles. The fraction of sp³-hybridized carbons (Fsp3) is 0.588. The SMILES string of the molecule is CCC1CCC(CCc2ccc(C(=O)O)c(F)c2)CC1. The van der Waals surface area contributed by atoms with Crippen LogP contribution in [-0.2, 0) is 6.42 Å². The van der Waals surface area contributed by atoms with Gasteiger partial charge in [0, 0.05) is 0 Å². The summed E-state index contributed by atoms with van der Waals surface area (Å²) in [5.74, 6) is -0.171. The number of rotatable bonds is 5. The lowest BCUT2D eigenvalue weighted by molar-refractivity contribution is 0.0692. The predicted octanol–water partition coefficient (Wildman–Crippen LogP) is 4.67. The number of carboxylic acids is 1. The second-order valence-corrected chi connectivity index (χ2v) is 5.95. The number of halogens is 1. The van der Waals surface area contributed by atoms with E-state index in [2.05, 4.69) is 6.92 Å². The number of hydrogen-bond acceptors (Lipinski definition) is 1. The van der Waals surface area contributed by atoms with E-state index in [0.717, 1.165) is 30.2 Å². The first-order valence-corrected chi connectivity index (χ1v) is 7.61. The Balaban J connectivity index is 1.85. The van der Waals surface area contributed by atoms with Gasteiger partial charge in [-0.25, -0.2) is 9.18 Å². The molecular formula is C17H23FO2. The minimum atomic E-state index is -1.20. The Hall–Kier alpha value is -1.38. The molecule has 3 heteroatoms. The lowest BCUT2D eigenvalue weighted by atomic mass is 9.78. The molecule has 1 aliphatic rings. The molecule has 1 aliphatic carbocycles. The molecule has 1 aromatic carbocycles. The third-order valence-electron chi connectivity index (χ3n) is 4.65. The molecule has 0 saturated heterocycles. The van der Waals surface area contributed by atoms with E-state index in [1.807, 2.05) is 0 Å². The average molecular weight is 278 g/mol. The van der Waals surface area contributed by atoms with Gasteiger partial charge in [0.15, 0.2) is 0 Å². The standard InChI is InChI=1S/C17H23FO2/c1-2-12-3-5-13(6-4-12)7-8-14-9-10-15(17(19)20)16(18)11-14/h9-13H,2-8H2,1H3,(H,19,20). The van der Waals surface area contributed by atoms with Gasteiger partial charge in [0.25, 0.3) is 0 Å². The number of carbonyl (C=O) groups is 1. The van der Waals surface area contributed by atoms with E-state index in [4.69, 9.17) is 5.11 Å². The number of carboxylic acid groups (broad SMARTS) is 1. The summed E-state index contributed by atoms with van der Waals surface area (Å²) in [7, 11) is 0. The van der Waals surface area contributed by atoms with Gasteiger partial charge in [-0.3, -0.25) is 0 Å². The summed E-state index contributed by atoms with van der Waals surface area (Å²) in [5.41, 5.74) is 0.669. The highest BCUT2D eigenvalue weighted by molar-refractivity contribution is 5.87. The number of hydrogen-bond donors (Lipinski definition) is 1. The number of aromatic carboxylic acids is 1. The van der Waals surface area contributed by atoms with Gasteiger partial charge in [-0.05, 0) is 42.4 Å². The van der Waals surface area contributed by atoms with Crippen molar-refractivity contribution in [2.75, 3.05) is 0 Å². The zero-order chi connectivity index (χ0) is 14.5. The normalized spacial score (nSPS) is 22.7. The zero-order valence-corrected chi connectivity index (χ0v) is 12.1. The van der Waals surface area contributed by atoms with Crippen LogP contribution in [0.15, 0.2) is 18.2 Å². The molecule has 0 amide bonds. The van der Waals surface area contributed by atoms with Crippen molar-refractivity contribution in [3.63, 3.8) is 0 Å². The van der Waals surface area contributed by atoms with E-state index < -0.39 is 11.8 Å². The second-order valence-electron chi connectivity index (χ2n) is 5.95. The van der Waals surface area contributed by atoms with Crippen molar-refractivity contribution in [2.45, 2.75) is 51.9 Å². The maximum absolute atomic E-state index is 13.6. The molecule has 1 N–H and O–H groups in total. The van der Waals surface area contributed by atoms with Crippen molar-refractivity contribution in [3.8, 4) is 0 Å². The first-order valence-electron chi connectivity index (χ1n) is 7.61. The lowest BCUT2D eigenvalue weighted by Gasteiger charge is -2.27. The summed E-state index contributed by atoms with van der Waals surface area (Å²) in [6.07, 6.45) is 8.44. The van der Waals surface area contributed by atoms with E-state index in [1.165, 1.54) is 44.2 Å². The van der Waals surface area contributed by atoms with Gasteiger partial charge in [-0.1, -0.05) is 45.1 Å². The summed E-state index contributed by atoms with van der Waals surface area (Å²) in [5, 5.41) is 8.80. The van der Waals surface area contributed by atoms with Gasteiger partial charge in [0.05, 0.1) is 5.56 Å². The van der Waals surface area contributed by atoms with Gasteiger partial charge >= 0.3 is 5.97 Å². The Morgan fingerprint density at radius 3 is 2.45 bits per heavy atom. The molecule has 1 fully saturated rings. The molecule has 0 atom stereocenters. The Bertz CT molecular complexity index is 462. The van der Waals surface area contributed by atoms with E-state index in [-0.39, 0.29) is 5.56 Å². The van der Waals surface area contributed by atoms with Gasteiger partial charge in [0.1, 0.15) is 5.82 Å². The van der Waals surface area contributed by atoms with Crippen LogP contribution in [0.25, 0.3) is 0 Å². The molecule has 2 rings (SSSR count). The maximum atomic E-state index is 13.6. The van der Waals surface area contributed by atoms with Crippen molar-refractivity contribution in [1.29, 1.82) is 0 Å². The minimum Gasteiger partial charge on any atom is -0.478 e. The topological polar surface area (TPSA) is 37.3 Å². The molecule has 0 bridgehead atoms. The van der Waals surface area contributed by atoms with E-state index in [9.17, 15) is 9.18 Å². The van der Waals surface area contributed by atoms with Crippen LogP contribution in [0, 0.1) is 17.7 Å². The Morgan fingerprint density at radius 2 is 1.90 bits per heavy atom. The Morgan fingerprint density at radius 1 is 1.25 bits per heavy atom. The third-order valence-corrected chi connectivity index (χ3v) is 4.65. The monoisotopic (exact) mass is 278 g/mol. The molecular weight excluding hydrogens is 255 g/mol. The summed E-state index contributed by atoms with van der Waals surface area (Å²) in [4.78, 5) is 10.8. The first kappa shape index (κ1) is 15.0. The zero-order valence-electron chi connectivity index (χ0n) is 12.1. The van der Waals surface area contributed by atoms with Crippen LogP contribution >= 0.6 is 0 Å². The largest absolute Gasteiger partial charge is 0.478 e. The van der Waals surface area contributed by atoms with Crippen molar-refractivity contribution < 1.29 is 14.3 Å².